The second-order valence-corrected chi connectivity index (χ2v) is 5.99. The zero-order valence-corrected chi connectivity index (χ0v) is 10.4. The molecule has 0 heterocycles. The fraction of sp³-hybridized carbons (Fsp3) is 1.00. The fourth-order valence-electron chi connectivity index (χ4n) is 2.18. The van der Waals surface area contributed by atoms with Crippen molar-refractivity contribution < 1.29 is 0 Å². The maximum atomic E-state index is 3.44. The van der Waals surface area contributed by atoms with Crippen LogP contribution in [0.5, 0.6) is 0 Å². The summed E-state index contributed by atoms with van der Waals surface area (Å²) in [6, 6.07) is 0.711. The van der Waals surface area contributed by atoms with Crippen LogP contribution in [-0.2, 0) is 0 Å². The second kappa shape index (κ2) is 4.63. The Hall–Kier alpha value is -0.0800. The van der Waals surface area contributed by atoms with Gasteiger partial charge in [-0.05, 0) is 38.3 Å². The van der Waals surface area contributed by atoms with Crippen LogP contribution in [0.15, 0.2) is 0 Å². The van der Waals surface area contributed by atoms with E-state index in [1.807, 2.05) is 0 Å². The van der Waals surface area contributed by atoms with Gasteiger partial charge in [-0.3, -0.25) is 0 Å². The van der Waals surface area contributed by atoms with Crippen molar-refractivity contribution in [2.45, 2.75) is 39.7 Å². The number of hydrogen-bond donors (Lipinski definition) is 1. The van der Waals surface area contributed by atoms with Crippen molar-refractivity contribution in [2.24, 2.45) is 11.3 Å². The van der Waals surface area contributed by atoms with E-state index in [9.17, 15) is 0 Å². The zero-order chi connectivity index (χ0) is 10.8. The van der Waals surface area contributed by atoms with Crippen molar-refractivity contribution in [2.75, 3.05) is 27.2 Å². The van der Waals surface area contributed by atoms with E-state index in [0.29, 0.717) is 11.5 Å². The van der Waals surface area contributed by atoms with Crippen LogP contribution < -0.4 is 5.32 Å². The summed E-state index contributed by atoms with van der Waals surface area (Å²) in [6.45, 7) is 9.27. The second-order valence-electron chi connectivity index (χ2n) is 5.99. The van der Waals surface area contributed by atoms with Crippen LogP contribution in [-0.4, -0.2) is 38.1 Å². The molecule has 1 aliphatic rings. The molecule has 84 valence electrons. The molecule has 0 aromatic rings. The van der Waals surface area contributed by atoms with Gasteiger partial charge < -0.3 is 10.2 Å². The lowest BCUT2D eigenvalue weighted by Crippen LogP contribution is -2.41. The molecule has 0 radical (unpaired) electrons. The lowest BCUT2D eigenvalue weighted by atomic mass is 9.96. The highest BCUT2D eigenvalue weighted by molar-refractivity contribution is 4.87. The van der Waals surface area contributed by atoms with Gasteiger partial charge in [-0.15, -0.1) is 0 Å². The Morgan fingerprint density at radius 2 is 1.93 bits per heavy atom. The highest BCUT2D eigenvalue weighted by atomic mass is 15.1. The molecule has 14 heavy (non-hydrogen) atoms. The Kier molecular flexibility index (Phi) is 3.96. The largest absolute Gasteiger partial charge is 0.315 e. The lowest BCUT2D eigenvalue weighted by molar-refractivity contribution is 0.204. The van der Waals surface area contributed by atoms with E-state index in [0.717, 1.165) is 5.92 Å². The molecule has 0 aliphatic heterocycles. The third-order valence-corrected chi connectivity index (χ3v) is 2.81. The Labute approximate surface area is 89.1 Å². The molecule has 1 N–H and O–H groups in total. The summed E-state index contributed by atoms with van der Waals surface area (Å²) < 4.78 is 0. The highest BCUT2D eigenvalue weighted by Crippen LogP contribution is 2.32. The molecule has 0 aromatic carbocycles. The van der Waals surface area contributed by atoms with E-state index in [4.69, 9.17) is 0 Å². The molecule has 0 saturated heterocycles. The molecule has 0 spiro atoms. The third kappa shape index (κ3) is 4.43. The molecule has 2 nitrogen and oxygen atoms in total. The monoisotopic (exact) mass is 198 g/mol. The summed E-state index contributed by atoms with van der Waals surface area (Å²) in [5.74, 6) is 0.947. The van der Waals surface area contributed by atoms with Crippen molar-refractivity contribution in [3.63, 3.8) is 0 Å². The molecule has 1 unspecified atom stereocenters. The van der Waals surface area contributed by atoms with E-state index < -0.39 is 0 Å². The minimum Gasteiger partial charge on any atom is -0.315 e. The van der Waals surface area contributed by atoms with Gasteiger partial charge in [-0.1, -0.05) is 20.8 Å². The first-order chi connectivity index (χ1) is 6.42. The highest BCUT2D eigenvalue weighted by Gasteiger charge is 2.31. The predicted molar refractivity (Wildman–Crippen MR) is 62.5 cm³/mol. The summed E-state index contributed by atoms with van der Waals surface area (Å²) in [6.07, 6.45) is 2.85. The van der Waals surface area contributed by atoms with Crippen molar-refractivity contribution in [3.8, 4) is 0 Å². The Morgan fingerprint density at radius 1 is 1.36 bits per heavy atom. The van der Waals surface area contributed by atoms with Gasteiger partial charge in [0.15, 0.2) is 0 Å². The Morgan fingerprint density at radius 3 is 2.29 bits per heavy atom. The fourth-order valence-corrected chi connectivity index (χ4v) is 2.18. The van der Waals surface area contributed by atoms with Crippen LogP contribution in [0.25, 0.3) is 0 Å². The van der Waals surface area contributed by atoms with Crippen molar-refractivity contribution in [1.82, 2.24) is 10.2 Å². The molecular formula is C12H26N2. The van der Waals surface area contributed by atoms with Crippen LogP contribution in [0.1, 0.15) is 33.6 Å². The molecule has 1 saturated carbocycles. The molecule has 1 fully saturated rings. The van der Waals surface area contributed by atoms with Crippen LogP contribution >= 0.6 is 0 Å². The number of hydrogen-bond acceptors (Lipinski definition) is 2. The molecule has 0 amide bonds. The van der Waals surface area contributed by atoms with Crippen LogP contribution in [0, 0.1) is 11.3 Å². The minimum absolute atomic E-state index is 0.413. The van der Waals surface area contributed by atoms with Gasteiger partial charge in [0.2, 0.25) is 0 Å². The first-order valence-electron chi connectivity index (χ1n) is 5.78. The number of nitrogens with one attached hydrogen (secondary N) is 1. The maximum Gasteiger partial charge on any atom is 0.0220 e. The maximum absolute atomic E-state index is 3.44. The SMILES string of the molecule is CNC(CN(C)CC(C)(C)C)C1CC1. The minimum atomic E-state index is 0.413. The molecular weight excluding hydrogens is 172 g/mol. The van der Waals surface area contributed by atoms with Crippen LogP contribution in [0.4, 0.5) is 0 Å². The summed E-state index contributed by atoms with van der Waals surface area (Å²) in [4.78, 5) is 2.46. The summed E-state index contributed by atoms with van der Waals surface area (Å²) in [7, 11) is 4.33. The average Bonchev–Trinajstić information content (AvgIpc) is 2.78. The Balaban J connectivity index is 2.27. The van der Waals surface area contributed by atoms with E-state index in [1.165, 1.54) is 25.9 Å². The molecule has 2 heteroatoms. The smallest absolute Gasteiger partial charge is 0.0220 e. The molecule has 0 aromatic heterocycles. The first kappa shape index (κ1) is 12.0. The number of nitrogens with zero attached hydrogens (tertiary/aromatic N) is 1. The zero-order valence-electron chi connectivity index (χ0n) is 10.4. The molecule has 1 rings (SSSR count). The van der Waals surface area contributed by atoms with E-state index in [-0.39, 0.29) is 0 Å². The van der Waals surface area contributed by atoms with E-state index in [2.05, 4.69) is 45.1 Å². The number of likely N-dealkylation sites (N-methyl/N-ethyl adjacent to an activating group) is 2. The molecule has 0 bridgehead atoms. The normalized spacial score (nSPS) is 20.1. The summed E-state index contributed by atoms with van der Waals surface area (Å²) in [5.41, 5.74) is 0.413. The van der Waals surface area contributed by atoms with Gasteiger partial charge in [0.05, 0.1) is 0 Å². The van der Waals surface area contributed by atoms with Gasteiger partial charge >= 0.3 is 0 Å². The molecule has 1 atom stereocenters. The van der Waals surface area contributed by atoms with Crippen LogP contribution in [0.2, 0.25) is 0 Å². The van der Waals surface area contributed by atoms with Gasteiger partial charge in [0, 0.05) is 19.1 Å². The Bertz CT molecular complexity index is 168. The summed E-state index contributed by atoms with van der Waals surface area (Å²) in [5, 5.41) is 3.44. The topological polar surface area (TPSA) is 15.3 Å². The van der Waals surface area contributed by atoms with Crippen LogP contribution in [0.3, 0.4) is 0 Å². The lowest BCUT2D eigenvalue weighted by Gasteiger charge is -2.29. The predicted octanol–water partition coefficient (Wildman–Crippen LogP) is 1.96. The van der Waals surface area contributed by atoms with Gasteiger partial charge in [-0.2, -0.15) is 0 Å². The van der Waals surface area contributed by atoms with Gasteiger partial charge in [0.1, 0.15) is 0 Å². The van der Waals surface area contributed by atoms with Crippen molar-refractivity contribution in [3.05, 3.63) is 0 Å². The number of rotatable bonds is 5. The quantitative estimate of drug-likeness (QED) is 0.726. The van der Waals surface area contributed by atoms with Crippen molar-refractivity contribution >= 4 is 0 Å². The third-order valence-electron chi connectivity index (χ3n) is 2.81. The first-order valence-corrected chi connectivity index (χ1v) is 5.78. The average molecular weight is 198 g/mol. The van der Waals surface area contributed by atoms with Crippen molar-refractivity contribution in [1.29, 1.82) is 0 Å². The summed E-state index contributed by atoms with van der Waals surface area (Å²) >= 11 is 0. The van der Waals surface area contributed by atoms with E-state index in [1.54, 1.807) is 0 Å². The van der Waals surface area contributed by atoms with Gasteiger partial charge in [-0.25, -0.2) is 0 Å². The van der Waals surface area contributed by atoms with E-state index >= 15 is 0 Å². The van der Waals surface area contributed by atoms with Gasteiger partial charge in [0.25, 0.3) is 0 Å². The standard InChI is InChI=1S/C12H26N2/c1-12(2,3)9-14(5)8-11(13-4)10-6-7-10/h10-11,13H,6-9H2,1-5H3. The molecule has 1 aliphatic carbocycles.